The number of benzene rings is 1. The number of unbranched alkanes of at least 4 members (excludes halogenated alkanes) is 8. The first-order chi connectivity index (χ1) is 14.3. The molecule has 0 fully saturated rings. The molecule has 2 heteroatoms. The number of aromatic nitrogens is 1. The number of fused-ring (bicyclic) bond motifs is 2. The largest absolute Gasteiger partial charge is 0.384 e. The van der Waals surface area contributed by atoms with Gasteiger partial charge in [-0.2, -0.15) is 0 Å². The van der Waals surface area contributed by atoms with Crippen molar-refractivity contribution in [1.82, 2.24) is 4.98 Å². The molecule has 0 unspecified atom stereocenters. The Balaban J connectivity index is 1.65. The van der Waals surface area contributed by atoms with E-state index in [1.165, 1.54) is 123 Å². The van der Waals surface area contributed by atoms with Gasteiger partial charge in [-0.05, 0) is 68.2 Å². The van der Waals surface area contributed by atoms with Crippen LogP contribution in [-0.2, 0) is 19.3 Å². The first-order valence-electron chi connectivity index (χ1n) is 12.5. The molecule has 0 saturated heterocycles. The number of anilines is 1. The Morgan fingerprint density at radius 1 is 0.828 bits per heavy atom. The van der Waals surface area contributed by atoms with E-state index in [0.717, 1.165) is 13.0 Å². The van der Waals surface area contributed by atoms with Crippen molar-refractivity contribution >= 4 is 16.6 Å². The summed E-state index contributed by atoms with van der Waals surface area (Å²) < 4.78 is 0. The Morgan fingerprint density at radius 3 is 2.34 bits per heavy atom. The number of hydrogen-bond donors (Lipinski definition) is 1. The third-order valence-corrected chi connectivity index (χ3v) is 6.48. The summed E-state index contributed by atoms with van der Waals surface area (Å²) in [6.07, 6.45) is 19.7. The predicted octanol–water partition coefficient (Wildman–Crippen LogP) is 8.01. The van der Waals surface area contributed by atoms with Gasteiger partial charge in [0, 0.05) is 23.3 Å². The van der Waals surface area contributed by atoms with Crippen LogP contribution in [0.4, 0.5) is 5.69 Å². The van der Waals surface area contributed by atoms with Crippen molar-refractivity contribution in [2.45, 2.75) is 110 Å². The van der Waals surface area contributed by atoms with Gasteiger partial charge in [0.25, 0.3) is 0 Å². The molecule has 0 aliphatic heterocycles. The van der Waals surface area contributed by atoms with Crippen LogP contribution in [0.2, 0.25) is 0 Å². The zero-order chi connectivity index (χ0) is 20.3. The molecule has 1 aromatic heterocycles. The van der Waals surface area contributed by atoms with Crippen LogP contribution in [0.5, 0.6) is 0 Å². The van der Waals surface area contributed by atoms with E-state index in [9.17, 15) is 0 Å². The van der Waals surface area contributed by atoms with Gasteiger partial charge in [0.15, 0.2) is 0 Å². The van der Waals surface area contributed by atoms with Crippen LogP contribution in [0.15, 0.2) is 18.2 Å². The maximum absolute atomic E-state index is 5.05. The minimum atomic E-state index is 1.07. The fourth-order valence-electron chi connectivity index (χ4n) is 4.68. The minimum Gasteiger partial charge on any atom is -0.384 e. The Morgan fingerprint density at radius 2 is 1.55 bits per heavy atom. The number of pyridine rings is 1. The van der Waals surface area contributed by atoms with Crippen LogP contribution < -0.4 is 5.32 Å². The zero-order valence-corrected chi connectivity index (χ0v) is 19.0. The van der Waals surface area contributed by atoms with Gasteiger partial charge in [-0.15, -0.1) is 0 Å². The molecule has 0 radical (unpaired) electrons. The molecule has 29 heavy (non-hydrogen) atoms. The summed E-state index contributed by atoms with van der Waals surface area (Å²) in [5.41, 5.74) is 6.92. The van der Waals surface area contributed by atoms with E-state index in [1.807, 2.05) is 0 Å². The summed E-state index contributed by atoms with van der Waals surface area (Å²) in [7, 11) is 0. The van der Waals surface area contributed by atoms with Crippen molar-refractivity contribution in [1.29, 1.82) is 0 Å². The molecule has 1 N–H and O–H groups in total. The van der Waals surface area contributed by atoms with Crippen LogP contribution in [0.3, 0.4) is 0 Å². The highest BCUT2D eigenvalue weighted by atomic mass is 14.9. The van der Waals surface area contributed by atoms with E-state index in [1.54, 1.807) is 0 Å². The molecule has 2 aromatic rings. The van der Waals surface area contributed by atoms with E-state index in [-0.39, 0.29) is 0 Å². The van der Waals surface area contributed by atoms with Gasteiger partial charge in [0.1, 0.15) is 0 Å². The summed E-state index contributed by atoms with van der Waals surface area (Å²) in [4.78, 5) is 5.05. The molecule has 1 aromatic carbocycles. The second-order valence-corrected chi connectivity index (χ2v) is 8.98. The highest BCUT2D eigenvalue weighted by molar-refractivity contribution is 5.94. The van der Waals surface area contributed by atoms with Gasteiger partial charge in [0.2, 0.25) is 0 Å². The average Bonchev–Trinajstić information content (AvgIpc) is 2.75. The molecule has 0 amide bonds. The van der Waals surface area contributed by atoms with Crippen molar-refractivity contribution in [2.75, 3.05) is 11.9 Å². The van der Waals surface area contributed by atoms with Crippen molar-refractivity contribution in [2.24, 2.45) is 0 Å². The lowest BCUT2D eigenvalue weighted by atomic mass is 9.92. The van der Waals surface area contributed by atoms with Crippen LogP contribution in [0.25, 0.3) is 10.9 Å². The second kappa shape index (κ2) is 12.2. The summed E-state index contributed by atoms with van der Waals surface area (Å²) in [5.74, 6) is 0. The van der Waals surface area contributed by atoms with Gasteiger partial charge < -0.3 is 5.32 Å². The maximum Gasteiger partial charge on any atom is 0.0726 e. The van der Waals surface area contributed by atoms with E-state index < -0.39 is 0 Å². The fourth-order valence-corrected chi connectivity index (χ4v) is 4.68. The standard InChI is InChI=1S/C27H42N2/c1-3-5-7-8-9-10-11-12-15-22-18-19-26-24(21-22)27(28-20-6-4-2)23-16-13-14-17-25(23)29-26/h18-19,21H,3-17,20H2,1-2H3,(H,28,29). The highest BCUT2D eigenvalue weighted by Gasteiger charge is 2.18. The third-order valence-electron chi connectivity index (χ3n) is 6.48. The molecule has 1 aliphatic carbocycles. The van der Waals surface area contributed by atoms with Crippen molar-refractivity contribution in [3.8, 4) is 0 Å². The maximum atomic E-state index is 5.05. The monoisotopic (exact) mass is 394 g/mol. The predicted molar refractivity (Wildman–Crippen MR) is 128 cm³/mol. The number of aryl methyl sites for hydroxylation is 2. The van der Waals surface area contributed by atoms with Crippen molar-refractivity contribution in [3.63, 3.8) is 0 Å². The molecule has 3 rings (SSSR count). The van der Waals surface area contributed by atoms with Gasteiger partial charge in [0.05, 0.1) is 5.52 Å². The number of nitrogens with one attached hydrogen (secondary N) is 1. The first kappa shape index (κ1) is 22.1. The molecule has 1 aliphatic rings. The molecule has 2 nitrogen and oxygen atoms in total. The second-order valence-electron chi connectivity index (χ2n) is 8.98. The molecule has 0 saturated carbocycles. The average molecular weight is 395 g/mol. The summed E-state index contributed by atoms with van der Waals surface area (Å²) >= 11 is 0. The lowest BCUT2D eigenvalue weighted by Crippen LogP contribution is -2.12. The van der Waals surface area contributed by atoms with Crippen molar-refractivity contribution < 1.29 is 0 Å². The lowest BCUT2D eigenvalue weighted by Gasteiger charge is -2.22. The molecular weight excluding hydrogens is 352 g/mol. The van der Waals surface area contributed by atoms with Gasteiger partial charge in [-0.3, -0.25) is 4.98 Å². The first-order valence-corrected chi connectivity index (χ1v) is 12.5. The Labute approximate surface area is 178 Å². The Bertz CT molecular complexity index is 750. The molecular formula is C27H42N2. The summed E-state index contributed by atoms with van der Waals surface area (Å²) in [5, 5.41) is 5.16. The lowest BCUT2D eigenvalue weighted by molar-refractivity contribution is 0.575. The Hall–Kier alpha value is -1.57. The van der Waals surface area contributed by atoms with Crippen LogP contribution >= 0.6 is 0 Å². The van der Waals surface area contributed by atoms with Gasteiger partial charge in [-0.25, -0.2) is 0 Å². The van der Waals surface area contributed by atoms with Crippen LogP contribution in [-0.4, -0.2) is 11.5 Å². The summed E-state index contributed by atoms with van der Waals surface area (Å²) in [6, 6.07) is 7.03. The molecule has 160 valence electrons. The molecule has 0 atom stereocenters. The SMILES string of the molecule is CCCCCCCCCCc1ccc2nc3c(c(NCCCC)c2c1)CCCC3. The van der Waals surface area contributed by atoms with Crippen molar-refractivity contribution in [3.05, 3.63) is 35.0 Å². The molecule has 0 bridgehead atoms. The normalized spacial score (nSPS) is 13.6. The van der Waals surface area contributed by atoms with E-state index >= 15 is 0 Å². The molecule has 1 heterocycles. The van der Waals surface area contributed by atoms with E-state index in [2.05, 4.69) is 37.4 Å². The van der Waals surface area contributed by atoms with Gasteiger partial charge in [-0.1, -0.05) is 71.3 Å². The highest BCUT2D eigenvalue weighted by Crippen LogP contribution is 2.34. The Kier molecular flexibility index (Phi) is 9.31. The number of nitrogens with zero attached hydrogens (tertiary/aromatic N) is 1. The number of hydrogen-bond acceptors (Lipinski definition) is 2. The summed E-state index contributed by atoms with van der Waals surface area (Å²) in [6.45, 7) is 5.63. The topological polar surface area (TPSA) is 24.9 Å². The zero-order valence-electron chi connectivity index (χ0n) is 19.0. The number of rotatable bonds is 13. The minimum absolute atomic E-state index is 1.07. The smallest absolute Gasteiger partial charge is 0.0726 e. The quantitative estimate of drug-likeness (QED) is 0.348. The van der Waals surface area contributed by atoms with Crippen LogP contribution in [0, 0.1) is 0 Å². The van der Waals surface area contributed by atoms with Crippen LogP contribution in [0.1, 0.15) is 108 Å². The van der Waals surface area contributed by atoms with E-state index in [4.69, 9.17) is 4.98 Å². The molecule has 0 spiro atoms. The van der Waals surface area contributed by atoms with E-state index in [0.29, 0.717) is 0 Å². The fraction of sp³-hybridized carbons (Fsp3) is 0.667. The third kappa shape index (κ3) is 6.46. The van der Waals surface area contributed by atoms with Gasteiger partial charge >= 0.3 is 0 Å².